The molecule has 0 spiro atoms. The van der Waals surface area contributed by atoms with Crippen LogP contribution in [0.4, 0.5) is 14.9 Å². The smallest absolute Gasteiger partial charge is 0.321 e. The molecule has 0 heterocycles. The average molecular weight is 280 g/mol. The van der Waals surface area contributed by atoms with Gasteiger partial charge in [0.1, 0.15) is 5.82 Å². The molecule has 0 saturated heterocycles. The highest BCUT2D eigenvalue weighted by Crippen LogP contribution is 2.26. The van der Waals surface area contributed by atoms with Crippen molar-refractivity contribution < 1.29 is 19.1 Å². The largest absolute Gasteiger partial charge is 0.481 e. The van der Waals surface area contributed by atoms with Gasteiger partial charge in [0, 0.05) is 18.8 Å². The zero-order valence-electron chi connectivity index (χ0n) is 11.2. The minimum atomic E-state index is -0.819. The van der Waals surface area contributed by atoms with Gasteiger partial charge in [-0.15, -0.1) is 0 Å². The first-order valence-electron chi connectivity index (χ1n) is 6.50. The molecule has 0 aromatic heterocycles. The van der Waals surface area contributed by atoms with Gasteiger partial charge >= 0.3 is 12.0 Å². The molecule has 2 atom stereocenters. The standard InChI is InChI=1S/C14H17FN2O3/c1-17(12-4-2-3-10(15)8-12)14(20)16-11-6-5-9(7-11)13(18)19/h2-4,8-9,11H,5-7H2,1H3,(H,16,20)(H,18,19). The highest BCUT2D eigenvalue weighted by molar-refractivity contribution is 5.91. The molecule has 1 aromatic carbocycles. The van der Waals surface area contributed by atoms with Crippen LogP contribution in [0.2, 0.25) is 0 Å². The van der Waals surface area contributed by atoms with E-state index in [1.54, 1.807) is 13.1 Å². The molecule has 1 fully saturated rings. The molecular weight excluding hydrogens is 263 g/mol. The van der Waals surface area contributed by atoms with Crippen LogP contribution in [-0.2, 0) is 4.79 Å². The summed E-state index contributed by atoms with van der Waals surface area (Å²) in [7, 11) is 1.55. The number of anilines is 1. The lowest BCUT2D eigenvalue weighted by Crippen LogP contribution is -2.42. The number of carboxylic acids is 1. The van der Waals surface area contributed by atoms with Crippen molar-refractivity contribution >= 4 is 17.7 Å². The van der Waals surface area contributed by atoms with E-state index in [0.29, 0.717) is 24.9 Å². The molecule has 0 bridgehead atoms. The number of rotatable bonds is 3. The first kappa shape index (κ1) is 14.3. The van der Waals surface area contributed by atoms with Gasteiger partial charge in [0.05, 0.1) is 5.92 Å². The minimum absolute atomic E-state index is 0.139. The van der Waals surface area contributed by atoms with Crippen molar-refractivity contribution in [2.45, 2.75) is 25.3 Å². The third kappa shape index (κ3) is 3.26. The zero-order chi connectivity index (χ0) is 14.7. The van der Waals surface area contributed by atoms with Gasteiger partial charge in [-0.1, -0.05) is 6.07 Å². The first-order chi connectivity index (χ1) is 9.47. The summed E-state index contributed by atoms with van der Waals surface area (Å²) >= 11 is 0. The lowest BCUT2D eigenvalue weighted by atomic mass is 10.1. The molecule has 5 nitrogen and oxygen atoms in total. The second-order valence-corrected chi connectivity index (χ2v) is 5.03. The van der Waals surface area contributed by atoms with Gasteiger partial charge in [0.25, 0.3) is 0 Å². The van der Waals surface area contributed by atoms with Crippen molar-refractivity contribution in [3.8, 4) is 0 Å². The molecule has 1 saturated carbocycles. The maximum Gasteiger partial charge on any atom is 0.321 e. The summed E-state index contributed by atoms with van der Waals surface area (Å²) in [6, 6.07) is 5.26. The molecule has 2 N–H and O–H groups in total. The van der Waals surface area contributed by atoms with E-state index in [1.165, 1.54) is 23.1 Å². The summed E-state index contributed by atoms with van der Waals surface area (Å²) in [5.74, 6) is -1.62. The highest BCUT2D eigenvalue weighted by atomic mass is 19.1. The molecule has 2 amide bonds. The van der Waals surface area contributed by atoms with Crippen molar-refractivity contribution in [3.05, 3.63) is 30.1 Å². The van der Waals surface area contributed by atoms with Crippen LogP contribution >= 0.6 is 0 Å². The number of benzene rings is 1. The van der Waals surface area contributed by atoms with Gasteiger partial charge in [0.2, 0.25) is 0 Å². The van der Waals surface area contributed by atoms with Crippen molar-refractivity contribution in [3.63, 3.8) is 0 Å². The Bertz CT molecular complexity index is 521. The van der Waals surface area contributed by atoms with Gasteiger partial charge < -0.3 is 10.4 Å². The predicted molar refractivity (Wildman–Crippen MR) is 72.1 cm³/mol. The van der Waals surface area contributed by atoms with Gasteiger partial charge in [-0.05, 0) is 37.5 Å². The van der Waals surface area contributed by atoms with Crippen molar-refractivity contribution in [2.75, 3.05) is 11.9 Å². The topological polar surface area (TPSA) is 69.6 Å². The van der Waals surface area contributed by atoms with Crippen LogP contribution in [0.25, 0.3) is 0 Å². The molecule has 2 rings (SSSR count). The third-order valence-corrected chi connectivity index (χ3v) is 3.61. The second kappa shape index (κ2) is 5.90. The van der Waals surface area contributed by atoms with E-state index in [9.17, 15) is 14.0 Å². The maximum absolute atomic E-state index is 13.1. The molecule has 2 unspecified atom stereocenters. The summed E-state index contributed by atoms with van der Waals surface area (Å²) in [6.07, 6.45) is 1.67. The van der Waals surface area contributed by atoms with E-state index in [-0.39, 0.29) is 18.0 Å². The van der Waals surface area contributed by atoms with Crippen LogP contribution in [0, 0.1) is 11.7 Å². The number of hydrogen-bond donors (Lipinski definition) is 2. The number of nitrogens with zero attached hydrogens (tertiary/aromatic N) is 1. The van der Waals surface area contributed by atoms with Crippen LogP contribution in [0.15, 0.2) is 24.3 Å². The Balaban J connectivity index is 1.94. The van der Waals surface area contributed by atoms with Crippen LogP contribution in [0.5, 0.6) is 0 Å². The maximum atomic E-state index is 13.1. The van der Waals surface area contributed by atoms with Gasteiger partial charge in [-0.3, -0.25) is 9.69 Å². The Hall–Kier alpha value is -2.11. The number of halogens is 1. The Morgan fingerprint density at radius 2 is 2.15 bits per heavy atom. The fourth-order valence-corrected chi connectivity index (χ4v) is 2.41. The molecule has 108 valence electrons. The molecule has 1 aliphatic carbocycles. The number of urea groups is 1. The normalized spacial score (nSPS) is 21.5. The highest BCUT2D eigenvalue weighted by Gasteiger charge is 2.31. The average Bonchev–Trinajstić information content (AvgIpc) is 2.86. The van der Waals surface area contributed by atoms with Crippen LogP contribution in [0.3, 0.4) is 0 Å². The van der Waals surface area contributed by atoms with Gasteiger partial charge in [-0.25, -0.2) is 9.18 Å². The Morgan fingerprint density at radius 3 is 2.75 bits per heavy atom. The minimum Gasteiger partial charge on any atom is -0.481 e. The lowest BCUT2D eigenvalue weighted by molar-refractivity contribution is -0.141. The summed E-state index contributed by atoms with van der Waals surface area (Å²) in [6.45, 7) is 0. The SMILES string of the molecule is CN(C(=O)NC1CCC(C(=O)O)C1)c1cccc(F)c1. The molecule has 1 aromatic rings. The number of nitrogens with one attached hydrogen (secondary N) is 1. The Morgan fingerprint density at radius 1 is 1.40 bits per heavy atom. The number of carbonyl (C=O) groups excluding carboxylic acids is 1. The van der Waals surface area contributed by atoms with Crippen molar-refractivity contribution in [1.82, 2.24) is 5.32 Å². The van der Waals surface area contributed by atoms with Crippen LogP contribution < -0.4 is 10.2 Å². The van der Waals surface area contributed by atoms with Gasteiger partial charge in [-0.2, -0.15) is 0 Å². The number of carboxylic acid groups (broad SMARTS) is 1. The first-order valence-corrected chi connectivity index (χ1v) is 6.50. The Labute approximate surface area is 116 Å². The molecule has 6 heteroatoms. The molecule has 20 heavy (non-hydrogen) atoms. The van der Waals surface area contributed by atoms with E-state index in [0.717, 1.165) is 0 Å². The fourth-order valence-electron chi connectivity index (χ4n) is 2.41. The lowest BCUT2D eigenvalue weighted by Gasteiger charge is -2.21. The van der Waals surface area contributed by atoms with E-state index >= 15 is 0 Å². The second-order valence-electron chi connectivity index (χ2n) is 5.03. The van der Waals surface area contributed by atoms with Crippen molar-refractivity contribution in [1.29, 1.82) is 0 Å². The van der Waals surface area contributed by atoms with E-state index in [1.807, 2.05) is 0 Å². The predicted octanol–water partition coefficient (Wildman–Crippen LogP) is 2.22. The van der Waals surface area contributed by atoms with E-state index in [4.69, 9.17) is 5.11 Å². The number of amides is 2. The monoisotopic (exact) mass is 280 g/mol. The molecular formula is C14H17FN2O3. The summed E-state index contributed by atoms with van der Waals surface area (Å²) < 4.78 is 13.1. The molecule has 1 aliphatic rings. The Kier molecular flexibility index (Phi) is 4.22. The number of aliphatic carboxylic acids is 1. The van der Waals surface area contributed by atoms with Crippen molar-refractivity contribution in [2.24, 2.45) is 5.92 Å². The van der Waals surface area contributed by atoms with E-state index in [2.05, 4.69) is 5.32 Å². The zero-order valence-corrected chi connectivity index (χ0v) is 11.2. The van der Waals surface area contributed by atoms with Gasteiger partial charge in [0.15, 0.2) is 0 Å². The molecule has 0 aliphatic heterocycles. The fraction of sp³-hybridized carbons (Fsp3) is 0.429. The van der Waals surface area contributed by atoms with Crippen LogP contribution in [-0.4, -0.2) is 30.2 Å². The molecule has 0 radical (unpaired) electrons. The summed E-state index contributed by atoms with van der Waals surface area (Å²) in [4.78, 5) is 24.2. The quantitative estimate of drug-likeness (QED) is 0.892. The number of carbonyl (C=O) groups is 2. The number of hydrogen-bond acceptors (Lipinski definition) is 2. The summed E-state index contributed by atoms with van der Waals surface area (Å²) in [5, 5.41) is 11.7. The van der Waals surface area contributed by atoms with E-state index < -0.39 is 11.8 Å². The third-order valence-electron chi connectivity index (χ3n) is 3.61. The summed E-state index contributed by atoms with van der Waals surface area (Å²) in [5.41, 5.74) is 0.454. The van der Waals surface area contributed by atoms with Crippen LogP contribution in [0.1, 0.15) is 19.3 Å².